The number of pyridine rings is 1. The van der Waals surface area contributed by atoms with Crippen molar-refractivity contribution in [1.29, 1.82) is 0 Å². The summed E-state index contributed by atoms with van der Waals surface area (Å²) in [4.78, 5) is 19.1. The first kappa shape index (κ1) is 23.2. The van der Waals surface area contributed by atoms with E-state index >= 15 is 0 Å². The Kier molecular flexibility index (Phi) is 6.61. The second kappa shape index (κ2) is 9.98. The molecule has 1 aromatic carbocycles. The summed E-state index contributed by atoms with van der Waals surface area (Å²) in [6.45, 7) is 1.36. The third-order valence-electron chi connectivity index (χ3n) is 5.59. The fourth-order valence-corrected chi connectivity index (χ4v) is 5.29. The summed E-state index contributed by atoms with van der Waals surface area (Å²) in [5.74, 6) is 3.89. The Morgan fingerprint density at radius 2 is 2.00 bits per heavy atom. The molecule has 8 nitrogen and oxygen atoms in total. The molecule has 0 unspecified atom stereocenters. The molecule has 0 aliphatic rings. The van der Waals surface area contributed by atoms with Crippen LogP contribution in [-0.4, -0.2) is 36.2 Å². The molecule has 176 valence electrons. The number of hydrogen-bond acceptors (Lipinski definition) is 7. The first-order chi connectivity index (χ1) is 17.1. The summed E-state index contributed by atoms with van der Waals surface area (Å²) in [6.07, 6.45) is 12.3. The molecule has 4 heterocycles. The van der Waals surface area contributed by atoms with Gasteiger partial charge in [-0.3, -0.25) is 0 Å². The number of aryl methyl sites for hydroxylation is 1. The van der Waals surface area contributed by atoms with Gasteiger partial charge in [0.25, 0.3) is 0 Å². The lowest BCUT2D eigenvalue weighted by atomic mass is 10.2. The highest BCUT2D eigenvalue weighted by Gasteiger charge is 2.19. The molecule has 0 saturated carbocycles. The van der Waals surface area contributed by atoms with E-state index in [2.05, 4.69) is 65.3 Å². The fraction of sp³-hybridized carbons (Fsp3) is 0.200. The Bertz CT molecular complexity index is 1550. The summed E-state index contributed by atoms with van der Waals surface area (Å²) in [7, 11) is 1.67. The molecule has 0 atom stereocenters. The minimum absolute atomic E-state index is 0.360. The number of anilines is 1. The molecule has 0 fully saturated rings. The molecule has 35 heavy (non-hydrogen) atoms. The van der Waals surface area contributed by atoms with Crippen LogP contribution < -0.4 is 10.5 Å². The molecular formula is C25H22BrN7OS. The maximum Gasteiger partial charge on any atom is 0.175 e. The van der Waals surface area contributed by atoms with E-state index < -0.39 is 0 Å². The number of imidazole rings is 1. The van der Waals surface area contributed by atoms with Gasteiger partial charge in [0.05, 0.1) is 7.11 Å². The SMILES string of the molecule is C#CCCCn1c(Sc2cn(Cc3ccc(OC)cc3)c3ncc(Br)cc23)nc2c(N)ncnc21. The zero-order chi connectivity index (χ0) is 24.4. The molecule has 5 rings (SSSR count). The number of ether oxygens (including phenoxy) is 1. The topological polar surface area (TPSA) is 96.7 Å². The zero-order valence-electron chi connectivity index (χ0n) is 19.0. The van der Waals surface area contributed by atoms with E-state index in [1.54, 1.807) is 18.9 Å². The number of halogens is 1. The van der Waals surface area contributed by atoms with E-state index in [0.29, 0.717) is 36.5 Å². The second-order valence-corrected chi connectivity index (χ2v) is 9.81. The van der Waals surface area contributed by atoms with Gasteiger partial charge in [0.2, 0.25) is 0 Å². The minimum Gasteiger partial charge on any atom is -0.497 e. The molecule has 10 heteroatoms. The maximum absolute atomic E-state index is 6.11. The van der Waals surface area contributed by atoms with Crippen LogP contribution in [0.15, 0.2) is 63.6 Å². The highest BCUT2D eigenvalue weighted by molar-refractivity contribution is 9.10. The summed E-state index contributed by atoms with van der Waals surface area (Å²) >= 11 is 5.13. The Labute approximate surface area is 215 Å². The number of fused-ring (bicyclic) bond motifs is 2. The predicted molar refractivity (Wildman–Crippen MR) is 141 cm³/mol. The van der Waals surface area contributed by atoms with E-state index in [9.17, 15) is 0 Å². The Balaban J connectivity index is 1.56. The Hall–Kier alpha value is -3.55. The lowest BCUT2D eigenvalue weighted by molar-refractivity contribution is 0.414. The lowest BCUT2D eigenvalue weighted by Gasteiger charge is -2.07. The lowest BCUT2D eigenvalue weighted by Crippen LogP contribution is -2.01. The highest BCUT2D eigenvalue weighted by Crippen LogP contribution is 2.37. The van der Waals surface area contributed by atoms with Gasteiger partial charge in [0, 0.05) is 46.7 Å². The van der Waals surface area contributed by atoms with Gasteiger partial charge in [0.15, 0.2) is 22.1 Å². The molecule has 5 aromatic rings. The van der Waals surface area contributed by atoms with E-state index in [1.807, 2.05) is 18.3 Å². The molecule has 0 aliphatic heterocycles. The van der Waals surface area contributed by atoms with Crippen molar-refractivity contribution in [2.45, 2.75) is 36.0 Å². The maximum atomic E-state index is 6.11. The van der Waals surface area contributed by atoms with Gasteiger partial charge in [-0.05, 0) is 57.9 Å². The predicted octanol–water partition coefficient (Wildman–Crippen LogP) is 5.14. The number of nitrogens with two attached hydrogens (primary N) is 1. The number of unbranched alkanes of at least 4 members (excludes halogenated alkanes) is 1. The van der Waals surface area contributed by atoms with Crippen LogP contribution in [0.1, 0.15) is 18.4 Å². The van der Waals surface area contributed by atoms with Crippen LogP contribution in [-0.2, 0) is 13.1 Å². The molecule has 0 radical (unpaired) electrons. The monoisotopic (exact) mass is 547 g/mol. The van der Waals surface area contributed by atoms with Crippen LogP contribution in [0.5, 0.6) is 5.75 Å². The van der Waals surface area contributed by atoms with Gasteiger partial charge in [-0.25, -0.2) is 19.9 Å². The quantitative estimate of drug-likeness (QED) is 0.212. The van der Waals surface area contributed by atoms with Crippen molar-refractivity contribution in [3.05, 3.63) is 59.1 Å². The second-order valence-electron chi connectivity index (χ2n) is 7.88. The third-order valence-corrected chi connectivity index (χ3v) is 7.06. The van der Waals surface area contributed by atoms with Crippen molar-refractivity contribution >= 4 is 55.7 Å². The molecule has 0 saturated heterocycles. The number of rotatable bonds is 8. The van der Waals surface area contributed by atoms with Gasteiger partial charge >= 0.3 is 0 Å². The summed E-state index contributed by atoms with van der Waals surface area (Å²) in [6, 6.07) is 10.1. The van der Waals surface area contributed by atoms with Gasteiger partial charge in [-0.1, -0.05) is 12.1 Å². The largest absolute Gasteiger partial charge is 0.497 e. The fourth-order valence-electron chi connectivity index (χ4n) is 3.90. The molecule has 2 N–H and O–H groups in total. The van der Waals surface area contributed by atoms with Crippen molar-refractivity contribution in [3.8, 4) is 18.1 Å². The number of terminal acetylenes is 1. The van der Waals surface area contributed by atoms with Crippen LogP contribution in [0, 0.1) is 12.3 Å². The number of nitrogens with zero attached hydrogens (tertiary/aromatic N) is 6. The number of hydrogen-bond donors (Lipinski definition) is 1. The molecule has 0 aliphatic carbocycles. The zero-order valence-corrected chi connectivity index (χ0v) is 21.4. The van der Waals surface area contributed by atoms with Gasteiger partial charge in [0.1, 0.15) is 17.7 Å². The van der Waals surface area contributed by atoms with E-state index in [0.717, 1.165) is 43.3 Å². The first-order valence-corrected chi connectivity index (χ1v) is 12.5. The standard InChI is InChI=1S/C25H22BrN7OS/c1-3-4-5-10-33-24-21(22(27)29-15-30-24)31-25(33)35-20-14-32(23-19(20)11-17(26)12-28-23)13-16-6-8-18(34-2)9-7-16/h1,6-9,11-12,14-15H,4-5,10,13H2,2H3,(H2,27,29,30). The van der Waals surface area contributed by atoms with E-state index in [-0.39, 0.29) is 0 Å². The normalized spacial score (nSPS) is 11.2. The van der Waals surface area contributed by atoms with Gasteiger partial charge in [-0.15, -0.1) is 12.3 Å². The third kappa shape index (κ3) is 4.70. The average molecular weight is 548 g/mol. The first-order valence-electron chi connectivity index (χ1n) is 10.9. The van der Waals surface area contributed by atoms with Crippen LogP contribution in [0.2, 0.25) is 0 Å². The van der Waals surface area contributed by atoms with Crippen LogP contribution in [0.4, 0.5) is 5.82 Å². The van der Waals surface area contributed by atoms with E-state index in [1.165, 1.54) is 6.33 Å². The highest BCUT2D eigenvalue weighted by atomic mass is 79.9. The molecule has 0 amide bonds. The van der Waals surface area contributed by atoms with Crippen molar-refractivity contribution in [3.63, 3.8) is 0 Å². The summed E-state index contributed by atoms with van der Waals surface area (Å²) in [5.41, 5.74) is 9.45. The number of methoxy groups -OCH3 is 1. The molecule has 0 bridgehead atoms. The van der Waals surface area contributed by atoms with Crippen molar-refractivity contribution in [1.82, 2.24) is 29.1 Å². The smallest absolute Gasteiger partial charge is 0.175 e. The molecule has 4 aromatic heterocycles. The molecular weight excluding hydrogens is 526 g/mol. The van der Waals surface area contributed by atoms with Crippen molar-refractivity contribution < 1.29 is 4.74 Å². The average Bonchev–Trinajstić information content (AvgIpc) is 3.38. The summed E-state index contributed by atoms with van der Waals surface area (Å²) < 4.78 is 10.4. The van der Waals surface area contributed by atoms with Crippen LogP contribution >= 0.6 is 27.7 Å². The van der Waals surface area contributed by atoms with Gasteiger partial charge in [-0.2, -0.15) is 0 Å². The number of aromatic nitrogens is 6. The molecule has 0 spiro atoms. The van der Waals surface area contributed by atoms with Gasteiger partial charge < -0.3 is 19.6 Å². The van der Waals surface area contributed by atoms with Crippen LogP contribution in [0.25, 0.3) is 22.2 Å². The summed E-state index contributed by atoms with van der Waals surface area (Å²) in [5, 5.41) is 1.81. The Morgan fingerprint density at radius 3 is 2.77 bits per heavy atom. The van der Waals surface area contributed by atoms with Crippen LogP contribution in [0.3, 0.4) is 0 Å². The minimum atomic E-state index is 0.360. The van der Waals surface area contributed by atoms with E-state index in [4.69, 9.17) is 26.9 Å². The van der Waals surface area contributed by atoms with Crippen molar-refractivity contribution in [2.75, 3.05) is 12.8 Å². The number of benzene rings is 1. The van der Waals surface area contributed by atoms with Crippen molar-refractivity contribution in [2.24, 2.45) is 0 Å². The Morgan fingerprint density at radius 1 is 1.17 bits per heavy atom. The number of nitrogen functional groups attached to an aromatic ring is 1.